The fourth-order valence-corrected chi connectivity index (χ4v) is 4.14. The zero-order valence-corrected chi connectivity index (χ0v) is 13.9. The van der Waals surface area contributed by atoms with Crippen LogP contribution in [0.1, 0.15) is 12.8 Å². The van der Waals surface area contributed by atoms with E-state index in [2.05, 4.69) is 10.0 Å². The summed E-state index contributed by atoms with van der Waals surface area (Å²) in [6.45, 7) is 2.26. The van der Waals surface area contributed by atoms with E-state index in [1.54, 1.807) is 7.11 Å². The van der Waals surface area contributed by atoms with Crippen molar-refractivity contribution >= 4 is 21.6 Å². The summed E-state index contributed by atoms with van der Waals surface area (Å²) in [5.74, 6) is -0.817. The molecule has 1 aromatic carbocycles. The van der Waals surface area contributed by atoms with Crippen molar-refractivity contribution in [3.8, 4) is 0 Å². The molecule has 0 radical (unpaired) electrons. The molecule has 0 amide bonds. The van der Waals surface area contributed by atoms with Gasteiger partial charge in [0.2, 0.25) is 10.0 Å². The minimum Gasteiger partial charge on any atom is -0.384 e. The summed E-state index contributed by atoms with van der Waals surface area (Å²) in [4.78, 5) is -0.429. The molecule has 0 spiro atoms. The third-order valence-corrected chi connectivity index (χ3v) is 5.59. The molecule has 1 aliphatic heterocycles. The van der Waals surface area contributed by atoms with Gasteiger partial charge in [0.25, 0.3) is 0 Å². The maximum absolute atomic E-state index is 13.8. The van der Waals surface area contributed by atoms with Gasteiger partial charge in [-0.25, -0.2) is 17.5 Å². The molecule has 1 aliphatic rings. The van der Waals surface area contributed by atoms with Gasteiger partial charge in [0.1, 0.15) is 10.7 Å². The first kappa shape index (κ1) is 17.6. The maximum atomic E-state index is 13.8. The van der Waals surface area contributed by atoms with Crippen LogP contribution in [0.25, 0.3) is 0 Å². The Labute approximate surface area is 135 Å². The molecule has 2 N–H and O–H groups in total. The Morgan fingerprint density at radius 3 is 2.73 bits per heavy atom. The standard InChI is InChI=1S/C14H20ClFN2O3S/c1-21-10-14(4-6-17-7-5-14)9-18-22(19,20)13-8-11(15)2-3-12(13)16/h2-3,8,17-18H,4-7,9-10H2,1H3. The second-order valence-electron chi connectivity index (χ2n) is 5.58. The van der Waals surface area contributed by atoms with Gasteiger partial charge < -0.3 is 10.1 Å². The number of hydrogen-bond acceptors (Lipinski definition) is 4. The minimum absolute atomic E-state index is 0.176. The van der Waals surface area contributed by atoms with Crippen LogP contribution in [0, 0.1) is 11.2 Å². The number of rotatable bonds is 6. The molecule has 1 saturated heterocycles. The van der Waals surface area contributed by atoms with Crippen molar-refractivity contribution in [2.45, 2.75) is 17.7 Å². The van der Waals surface area contributed by atoms with E-state index in [9.17, 15) is 12.8 Å². The van der Waals surface area contributed by atoms with Gasteiger partial charge in [-0.3, -0.25) is 0 Å². The monoisotopic (exact) mass is 350 g/mol. The lowest BCUT2D eigenvalue weighted by molar-refractivity contribution is 0.0577. The van der Waals surface area contributed by atoms with Gasteiger partial charge in [0, 0.05) is 24.1 Å². The number of hydrogen-bond donors (Lipinski definition) is 2. The Hall–Kier alpha value is -0.730. The van der Waals surface area contributed by atoms with Crippen molar-refractivity contribution in [3.05, 3.63) is 29.0 Å². The molecule has 1 heterocycles. The van der Waals surface area contributed by atoms with Crippen LogP contribution < -0.4 is 10.0 Å². The predicted molar refractivity (Wildman–Crippen MR) is 83.0 cm³/mol. The van der Waals surface area contributed by atoms with E-state index in [0.717, 1.165) is 38.1 Å². The predicted octanol–water partition coefficient (Wildman–Crippen LogP) is 1.77. The zero-order chi connectivity index (χ0) is 16.2. The fraction of sp³-hybridized carbons (Fsp3) is 0.571. The molecule has 0 aliphatic carbocycles. The van der Waals surface area contributed by atoms with Gasteiger partial charge in [0.15, 0.2) is 0 Å². The minimum atomic E-state index is -3.95. The number of methoxy groups -OCH3 is 1. The lowest BCUT2D eigenvalue weighted by Gasteiger charge is -2.37. The number of ether oxygens (including phenoxy) is 1. The highest BCUT2D eigenvalue weighted by Gasteiger charge is 2.34. The van der Waals surface area contributed by atoms with Crippen LogP contribution in [0.3, 0.4) is 0 Å². The van der Waals surface area contributed by atoms with Crippen molar-refractivity contribution in [2.75, 3.05) is 33.4 Å². The Bertz CT molecular complexity index is 613. The molecule has 1 aromatic rings. The van der Waals surface area contributed by atoms with Crippen molar-refractivity contribution in [1.29, 1.82) is 0 Å². The van der Waals surface area contributed by atoms with Crippen molar-refractivity contribution in [2.24, 2.45) is 5.41 Å². The summed E-state index contributed by atoms with van der Waals surface area (Å²) >= 11 is 5.76. The van der Waals surface area contributed by atoms with Crippen molar-refractivity contribution < 1.29 is 17.5 Å². The van der Waals surface area contributed by atoms with Crippen LogP contribution in [-0.4, -0.2) is 41.8 Å². The second-order valence-corrected chi connectivity index (χ2v) is 7.75. The van der Waals surface area contributed by atoms with E-state index in [1.807, 2.05) is 0 Å². The molecule has 0 aromatic heterocycles. The van der Waals surface area contributed by atoms with E-state index in [4.69, 9.17) is 16.3 Å². The smallest absolute Gasteiger partial charge is 0.243 e. The summed E-state index contributed by atoms with van der Waals surface area (Å²) < 4.78 is 46.2. The summed E-state index contributed by atoms with van der Waals surface area (Å²) in [5.41, 5.74) is -0.276. The highest BCUT2D eigenvalue weighted by atomic mass is 35.5. The number of sulfonamides is 1. The molecule has 0 atom stereocenters. The maximum Gasteiger partial charge on any atom is 0.243 e. The second kappa shape index (κ2) is 7.23. The summed E-state index contributed by atoms with van der Waals surface area (Å²) in [5, 5.41) is 3.41. The van der Waals surface area contributed by atoms with Crippen molar-refractivity contribution in [1.82, 2.24) is 10.0 Å². The molecule has 8 heteroatoms. The van der Waals surface area contributed by atoms with E-state index >= 15 is 0 Å². The SMILES string of the molecule is COCC1(CNS(=O)(=O)c2cc(Cl)ccc2F)CCNCC1. The molecule has 1 fully saturated rings. The molecule has 22 heavy (non-hydrogen) atoms. The van der Waals surface area contributed by atoms with E-state index in [-0.39, 0.29) is 17.0 Å². The van der Waals surface area contributed by atoms with Gasteiger partial charge >= 0.3 is 0 Å². The highest BCUT2D eigenvalue weighted by molar-refractivity contribution is 7.89. The van der Waals surface area contributed by atoms with Crippen LogP contribution in [0.5, 0.6) is 0 Å². The lowest BCUT2D eigenvalue weighted by atomic mass is 9.80. The Kier molecular flexibility index (Phi) is 5.79. The molecule has 2 rings (SSSR count). The number of benzene rings is 1. The van der Waals surface area contributed by atoms with Crippen molar-refractivity contribution in [3.63, 3.8) is 0 Å². The Morgan fingerprint density at radius 1 is 1.41 bits per heavy atom. The topological polar surface area (TPSA) is 67.4 Å². The van der Waals surface area contributed by atoms with Crippen LogP contribution in [-0.2, 0) is 14.8 Å². The average molecular weight is 351 g/mol. The normalized spacial score (nSPS) is 18.3. The number of halogens is 2. The highest BCUT2D eigenvalue weighted by Crippen LogP contribution is 2.29. The molecule has 0 saturated carbocycles. The quantitative estimate of drug-likeness (QED) is 0.820. The van der Waals surface area contributed by atoms with Crippen LogP contribution in [0.15, 0.2) is 23.1 Å². The van der Waals surface area contributed by atoms with Crippen LogP contribution in [0.2, 0.25) is 5.02 Å². The third kappa shape index (κ3) is 4.17. The first-order chi connectivity index (χ1) is 10.4. The van der Waals surface area contributed by atoms with Gasteiger partial charge in [-0.15, -0.1) is 0 Å². The van der Waals surface area contributed by atoms with Gasteiger partial charge in [-0.05, 0) is 44.1 Å². The number of piperidine rings is 1. The lowest BCUT2D eigenvalue weighted by Crippen LogP contribution is -2.47. The summed E-state index contributed by atoms with van der Waals surface area (Å²) in [6.07, 6.45) is 1.59. The number of nitrogens with one attached hydrogen (secondary N) is 2. The summed E-state index contributed by atoms with van der Waals surface area (Å²) in [6, 6.07) is 3.48. The van der Waals surface area contributed by atoms with Crippen LogP contribution >= 0.6 is 11.6 Å². The molecule has 5 nitrogen and oxygen atoms in total. The fourth-order valence-electron chi connectivity index (χ4n) is 2.64. The van der Waals surface area contributed by atoms with E-state index < -0.39 is 20.7 Å². The largest absolute Gasteiger partial charge is 0.384 e. The summed E-state index contributed by atoms with van der Waals surface area (Å²) in [7, 11) is -2.36. The first-order valence-corrected chi connectivity index (χ1v) is 8.89. The molecular weight excluding hydrogens is 331 g/mol. The molecule has 124 valence electrons. The molecular formula is C14H20ClFN2O3S. The van der Waals surface area contributed by atoms with Gasteiger partial charge in [0.05, 0.1) is 6.61 Å². The Balaban J connectivity index is 2.15. The van der Waals surface area contributed by atoms with Gasteiger partial charge in [-0.2, -0.15) is 0 Å². The first-order valence-electron chi connectivity index (χ1n) is 7.03. The third-order valence-electron chi connectivity index (χ3n) is 3.93. The van der Waals surface area contributed by atoms with E-state index in [0.29, 0.717) is 6.61 Å². The molecule has 0 unspecified atom stereocenters. The Morgan fingerprint density at radius 2 is 2.09 bits per heavy atom. The molecule has 0 bridgehead atoms. The van der Waals surface area contributed by atoms with Gasteiger partial charge in [-0.1, -0.05) is 11.6 Å². The van der Waals surface area contributed by atoms with E-state index in [1.165, 1.54) is 6.07 Å². The zero-order valence-electron chi connectivity index (χ0n) is 12.4. The van der Waals surface area contributed by atoms with Crippen LogP contribution in [0.4, 0.5) is 4.39 Å². The average Bonchev–Trinajstić information content (AvgIpc) is 2.49.